The van der Waals surface area contributed by atoms with Gasteiger partial charge in [0.2, 0.25) is 16.7 Å². The van der Waals surface area contributed by atoms with Crippen LogP contribution in [0.3, 0.4) is 0 Å². The van der Waals surface area contributed by atoms with E-state index in [1.54, 1.807) is 6.07 Å². The van der Waals surface area contributed by atoms with Gasteiger partial charge in [0.15, 0.2) is 0 Å². The highest BCUT2D eigenvalue weighted by atomic mass is 35.5. The zero-order chi connectivity index (χ0) is 10.6. The Balaban J connectivity index is 2.68. The maximum Gasteiger partial charge on any atom is 0.245 e. The van der Waals surface area contributed by atoms with Gasteiger partial charge in [-0.2, -0.15) is 4.28 Å². The van der Waals surface area contributed by atoms with E-state index in [-0.39, 0.29) is 5.62 Å². The number of carbonyl (C=O) groups is 1. The summed E-state index contributed by atoms with van der Waals surface area (Å²) >= 11 is 9.36. The monoisotopic (exact) mass is 253 g/mol. The molecule has 0 heterocycles. The maximum absolute atomic E-state index is 10.6. The maximum atomic E-state index is 10.6. The fourth-order valence-electron chi connectivity index (χ4n) is 0.678. The molecule has 0 spiro atoms. The third-order valence-electron chi connectivity index (χ3n) is 1.24. The molecule has 0 amide bonds. The van der Waals surface area contributed by atoms with Crippen LogP contribution < -0.4 is 5.48 Å². The summed E-state index contributed by atoms with van der Waals surface area (Å²) in [5.74, 6) is 0. The van der Waals surface area contributed by atoms with Gasteiger partial charge in [-0.25, -0.2) is 9.69 Å². The van der Waals surface area contributed by atoms with Crippen molar-refractivity contribution in [1.29, 1.82) is 0 Å². The lowest BCUT2D eigenvalue weighted by molar-refractivity contribution is 0.441. The van der Waals surface area contributed by atoms with Crippen LogP contribution in [0.25, 0.3) is 0 Å². The Morgan fingerprint density at radius 2 is 2.14 bits per heavy atom. The Kier molecular flexibility index (Phi) is 4.34. The summed E-state index contributed by atoms with van der Waals surface area (Å²) in [4.78, 5) is 9.95. The lowest BCUT2D eigenvalue weighted by atomic mass is 10.3. The van der Waals surface area contributed by atoms with E-state index in [4.69, 9.17) is 23.2 Å². The van der Waals surface area contributed by atoms with Crippen molar-refractivity contribution in [3.8, 4) is 0 Å². The Morgan fingerprint density at radius 1 is 1.43 bits per heavy atom. The van der Waals surface area contributed by atoms with Gasteiger partial charge in [-0.3, -0.25) is 4.79 Å². The molecule has 76 valence electrons. The van der Waals surface area contributed by atoms with Crippen molar-refractivity contribution in [2.45, 2.75) is 0 Å². The molecule has 1 rings (SSSR count). The van der Waals surface area contributed by atoms with Crippen molar-refractivity contribution < 1.29 is 13.3 Å². The number of anilines is 1. The first kappa shape index (κ1) is 11.5. The first-order valence-corrected chi connectivity index (χ1v) is 5.27. The summed E-state index contributed by atoms with van der Waals surface area (Å²) in [6.45, 7) is 0. The van der Waals surface area contributed by atoms with Gasteiger partial charge in [-0.1, -0.05) is 23.2 Å². The third kappa shape index (κ3) is 3.26. The van der Waals surface area contributed by atoms with Crippen LogP contribution in [0.15, 0.2) is 18.2 Å². The van der Waals surface area contributed by atoms with E-state index in [1.165, 1.54) is 12.1 Å². The predicted molar refractivity (Wildman–Crippen MR) is 56.1 cm³/mol. The van der Waals surface area contributed by atoms with Crippen molar-refractivity contribution in [3.05, 3.63) is 28.2 Å². The number of hydrogen-bond acceptors (Lipinski definition) is 4. The molecular formula is C7H5Cl2NO3S. The molecule has 14 heavy (non-hydrogen) atoms. The predicted octanol–water partition coefficient (Wildman–Crippen LogP) is 2.19. The minimum Gasteiger partial charge on any atom is -0.286 e. The highest BCUT2D eigenvalue weighted by Gasteiger charge is 2.02. The molecule has 0 bridgehead atoms. The normalized spacial score (nSPS) is 12.1. The number of hydrogen-bond donors (Lipinski definition) is 1. The van der Waals surface area contributed by atoms with E-state index < -0.39 is 11.1 Å². The highest BCUT2D eigenvalue weighted by Crippen LogP contribution is 2.25. The summed E-state index contributed by atoms with van der Waals surface area (Å²) < 4.78 is 15.0. The highest BCUT2D eigenvalue weighted by molar-refractivity contribution is 7.94. The second-order valence-corrected chi connectivity index (χ2v) is 3.89. The van der Waals surface area contributed by atoms with Crippen LogP contribution in [-0.2, 0) is 20.2 Å². The molecule has 0 saturated heterocycles. The second-order valence-electron chi connectivity index (χ2n) is 2.17. The Bertz CT molecular complexity index is 372. The number of halogens is 2. The number of benzene rings is 1. The molecule has 0 aliphatic heterocycles. The van der Waals surface area contributed by atoms with Crippen molar-refractivity contribution in [1.82, 2.24) is 0 Å². The van der Waals surface area contributed by atoms with Crippen LogP contribution in [0.2, 0.25) is 10.0 Å². The van der Waals surface area contributed by atoms with E-state index in [0.29, 0.717) is 15.7 Å². The summed E-state index contributed by atoms with van der Waals surface area (Å²) in [6.07, 6.45) is 0. The van der Waals surface area contributed by atoms with E-state index >= 15 is 0 Å². The van der Waals surface area contributed by atoms with E-state index in [0.717, 1.165) is 0 Å². The van der Waals surface area contributed by atoms with Crippen molar-refractivity contribution in [2.75, 3.05) is 5.48 Å². The molecule has 0 radical (unpaired) electrons. The number of nitrogens with one attached hydrogen (secondary N) is 1. The Morgan fingerprint density at radius 3 is 2.71 bits per heavy atom. The third-order valence-corrected chi connectivity index (χ3v) is 2.20. The van der Waals surface area contributed by atoms with Crippen molar-refractivity contribution in [3.63, 3.8) is 0 Å². The fourth-order valence-corrected chi connectivity index (χ4v) is 1.34. The minimum absolute atomic E-state index is 0.150. The summed E-state index contributed by atoms with van der Waals surface area (Å²) in [7, 11) is 0. The Labute approximate surface area is 92.8 Å². The van der Waals surface area contributed by atoms with Gasteiger partial charge >= 0.3 is 0 Å². The molecule has 0 saturated carbocycles. The molecule has 4 nitrogen and oxygen atoms in total. The molecule has 1 N–H and O–H groups in total. The van der Waals surface area contributed by atoms with Crippen molar-refractivity contribution >= 4 is 45.6 Å². The molecule has 7 heteroatoms. The molecule has 0 fully saturated rings. The fraction of sp³-hybridized carbons (Fsp3) is 0. The average molecular weight is 254 g/mol. The van der Waals surface area contributed by atoms with Crippen LogP contribution in [-0.4, -0.2) is 9.83 Å². The zero-order valence-corrected chi connectivity index (χ0v) is 9.03. The summed E-state index contributed by atoms with van der Waals surface area (Å²) in [6, 6.07) is 4.59. The van der Waals surface area contributed by atoms with Gasteiger partial charge < -0.3 is 0 Å². The zero-order valence-electron chi connectivity index (χ0n) is 6.70. The molecule has 1 aromatic rings. The smallest absolute Gasteiger partial charge is 0.245 e. The molecule has 1 unspecified atom stereocenters. The van der Waals surface area contributed by atoms with Crippen LogP contribution in [0, 0.1) is 0 Å². The molecular weight excluding hydrogens is 249 g/mol. The topological polar surface area (TPSA) is 55.4 Å². The average Bonchev–Trinajstić information content (AvgIpc) is 2.16. The minimum atomic E-state index is -2.02. The van der Waals surface area contributed by atoms with Crippen LogP contribution in [0.5, 0.6) is 0 Å². The van der Waals surface area contributed by atoms with E-state index in [2.05, 4.69) is 9.76 Å². The summed E-state index contributed by atoms with van der Waals surface area (Å²) in [5, 5.41) is 0.775. The van der Waals surface area contributed by atoms with Gasteiger partial charge in [-0.05, 0) is 18.2 Å². The van der Waals surface area contributed by atoms with Crippen LogP contribution in [0.1, 0.15) is 0 Å². The van der Waals surface area contributed by atoms with E-state index in [9.17, 15) is 9.00 Å². The van der Waals surface area contributed by atoms with Crippen LogP contribution in [0.4, 0.5) is 5.69 Å². The van der Waals surface area contributed by atoms with Gasteiger partial charge in [0.05, 0.1) is 10.7 Å². The lowest BCUT2D eigenvalue weighted by Crippen LogP contribution is -2.05. The molecule has 0 aromatic heterocycles. The quantitative estimate of drug-likeness (QED) is 0.661. The lowest BCUT2D eigenvalue weighted by Gasteiger charge is -2.04. The molecule has 0 aliphatic carbocycles. The standard InChI is InChI=1S/C7H5Cl2NO3S/c8-5-1-2-7(6(9)3-5)10-13-14(12)4-11/h1-4,10H. The van der Waals surface area contributed by atoms with Gasteiger partial charge in [-0.15, -0.1) is 0 Å². The Hall–Kier alpha value is -0.620. The first-order chi connectivity index (χ1) is 6.63. The molecule has 1 aromatic carbocycles. The summed E-state index contributed by atoms with van der Waals surface area (Å²) in [5.41, 5.74) is 2.80. The van der Waals surface area contributed by atoms with Crippen molar-refractivity contribution in [2.24, 2.45) is 0 Å². The number of carbonyl (C=O) groups excluding carboxylic acids is 1. The number of rotatable bonds is 4. The van der Waals surface area contributed by atoms with E-state index in [1.807, 2.05) is 0 Å². The largest absolute Gasteiger partial charge is 0.286 e. The molecule has 1 atom stereocenters. The van der Waals surface area contributed by atoms with Gasteiger partial charge in [0.1, 0.15) is 0 Å². The van der Waals surface area contributed by atoms with Gasteiger partial charge in [0.25, 0.3) is 0 Å². The second kappa shape index (κ2) is 5.31. The molecule has 0 aliphatic rings. The van der Waals surface area contributed by atoms with Gasteiger partial charge in [0, 0.05) is 5.02 Å². The SMILES string of the molecule is O=CS(=O)ONc1ccc(Cl)cc1Cl. The first-order valence-electron chi connectivity index (χ1n) is 3.37. The van der Waals surface area contributed by atoms with Crippen LogP contribution >= 0.6 is 23.2 Å².